The zero-order chi connectivity index (χ0) is 15.1. The summed E-state index contributed by atoms with van der Waals surface area (Å²) < 4.78 is 4.47. The average Bonchev–Trinajstić information content (AvgIpc) is 2.86. The molecule has 9 nitrogen and oxygen atoms in total. The van der Waals surface area contributed by atoms with Gasteiger partial charge in [-0.3, -0.25) is 0 Å². The van der Waals surface area contributed by atoms with Crippen LogP contribution in [0.5, 0.6) is 0 Å². The number of carboxylic acids is 1. The Morgan fingerprint density at radius 1 is 1.45 bits per heavy atom. The molecule has 4 N–H and O–H groups in total. The Morgan fingerprint density at radius 3 is 2.75 bits per heavy atom. The monoisotopic (exact) mass is 289 g/mol. The summed E-state index contributed by atoms with van der Waals surface area (Å²) in [5.74, 6) is -1.32. The number of likely N-dealkylation sites (tertiary alicyclic amines) is 1. The van der Waals surface area contributed by atoms with Crippen LogP contribution in [-0.2, 0) is 9.53 Å². The SMILES string of the molecule is COC(=O)NC1CCN(C(=O)NCC[C@H](O)C(=O)O)C1. The maximum Gasteiger partial charge on any atom is 0.407 e. The van der Waals surface area contributed by atoms with Crippen molar-refractivity contribution >= 4 is 18.1 Å². The summed E-state index contributed by atoms with van der Waals surface area (Å²) >= 11 is 0. The van der Waals surface area contributed by atoms with Crippen molar-refractivity contribution in [3.63, 3.8) is 0 Å². The van der Waals surface area contributed by atoms with Crippen LogP contribution in [0, 0.1) is 0 Å². The molecule has 114 valence electrons. The van der Waals surface area contributed by atoms with Gasteiger partial charge in [0.15, 0.2) is 6.10 Å². The Balaban J connectivity index is 2.25. The number of carbonyl (C=O) groups excluding carboxylic acids is 2. The summed E-state index contributed by atoms with van der Waals surface area (Å²) in [5.41, 5.74) is 0. The number of aliphatic hydroxyl groups excluding tert-OH is 1. The summed E-state index contributed by atoms with van der Waals surface area (Å²) in [7, 11) is 1.27. The minimum absolute atomic E-state index is 0.0568. The molecule has 2 atom stereocenters. The number of alkyl carbamates (subject to hydrolysis) is 1. The first-order valence-corrected chi connectivity index (χ1v) is 6.22. The predicted molar refractivity (Wildman–Crippen MR) is 67.2 cm³/mol. The van der Waals surface area contributed by atoms with Crippen molar-refractivity contribution < 1.29 is 29.3 Å². The smallest absolute Gasteiger partial charge is 0.407 e. The molecule has 0 aliphatic carbocycles. The van der Waals surface area contributed by atoms with Crippen molar-refractivity contribution in [1.29, 1.82) is 0 Å². The van der Waals surface area contributed by atoms with Gasteiger partial charge in [0.1, 0.15) is 0 Å². The lowest BCUT2D eigenvalue weighted by Gasteiger charge is -2.18. The van der Waals surface area contributed by atoms with Crippen molar-refractivity contribution in [3.8, 4) is 0 Å². The second-order valence-electron chi connectivity index (χ2n) is 4.44. The van der Waals surface area contributed by atoms with Gasteiger partial charge in [-0.15, -0.1) is 0 Å². The highest BCUT2D eigenvalue weighted by atomic mass is 16.5. The molecule has 1 saturated heterocycles. The van der Waals surface area contributed by atoms with E-state index in [1.54, 1.807) is 0 Å². The largest absolute Gasteiger partial charge is 0.479 e. The first kappa shape index (κ1) is 16.0. The lowest BCUT2D eigenvalue weighted by Crippen LogP contribution is -2.43. The van der Waals surface area contributed by atoms with E-state index in [0.29, 0.717) is 19.5 Å². The fourth-order valence-electron chi connectivity index (χ4n) is 1.84. The van der Waals surface area contributed by atoms with E-state index in [0.717, 1.165) is 0 Å². The molecule has 0 aromatic rings. The van der Waals surface area contributed by atoms with E-state index in [9.17, 15) is 14.4 Å². The van der Waals surface area contributed by atoms with Crippen LogP contribution < -0.4 is 10.6 Å². The first-order chi connectivity index (χ1) is 9.43. The second kappa shape index (κ2) is 7.53. The lowest BCUT2D eigenvalue weighted by atomic mass is 10.2. The van der Waals surface area contributed by atoms with Crippen molar-refractivity contribution in [2.24, 2.45) is 0 Å². The van der Waals surface area contributed by atoms with Gasteiger partial charge in [0, 0.05) is 26.1 Å². The molecule has 0 saturated carbocycles. The van der Waals surface area contributed by atoms with Crippen molar-refractivity contribution in [2.75, 3.05) is 26.7 Å². The fraction of sp³-hybridized carbons (Fsp3) is 0.727. The lowest BCUT2D eigenvalue weighted by molar-refractivity contribution is -0.146. The number of aliphatic hydroxyl groups is 1. The predicted octanol–water partition coefficient (Wildman–Crippen LogP) is -1.04. The van der Waals surface area contributed by atoms with Crippen LogP contribution in [0.2, 0.25) is 0 Å². The van der Waals surface area contributed by atoms with Crippen LogP contribution in [0.15, 0.2) is 0 Å². The van der Waals surface area contributed by atoms with Gasteiger partial charge in [-0.2, -0.15) is 0 Å². The van der Waals surface area contributed by atoms with Crippen LogP contribution in [0.1, 0.15) is 12.8 Å². The topological polar surface area (TPSA) is 128 Å². The van der Waals surface area contributed by atoms with Gasteiger partial charge in [0.2, 0.25) is 0 Å². The van der Waals surface area contributed by atoms with Gasteiger partial charge in [-0.1, -0.05) is 0 Å². The van der Waals surface area contributed by atoms with Crippen LogP contribution in [0.25, 0.3) is 0 Å². The first-order valence-electron chi connectivity index (χ1n) is 6.22. The number of hydrogen-bond donors (Lipinski definition) is 4. The quantitative estimate of drug-likeness (QED) is 0.512. The fourth-order valence-corrected chi connectivity index (χ4v) is 1.84. The molecule has 3 amide bonds. The van der Waals surface area contributed by atoms with Crippen molar-refractivity contribution in [1.82, 2.24) is 15.5 Å². The minimum atomic E-state index is -1.48. The molecular formula is C11H19N3O6. The highest BCUT2D eigenvalue weighted by Crippen LogP contribution is 2.09. The second-order valence-corrected chi connectivity index (χ2v) is 4.44. The number of hydrogen-bond acceptors (Lipinski definition) is 5. The molecule has 0 radical (unpaired) electrons. The Bertz CT molecular complexity index is 375. The summed E-state index contributed by atoms with van der Waals surface area (Å²) in [6.45, 7) is 0.919. The van der Waals surface area contributed by atoms with Gasteiger partial charge in [-0.25, -0.2) is 14.4 Å². The summed E-state index contributed by atoms with van der Waals surface area (Å²) in [5, 5.41) is 22.6. The number of urea groups is 1. The van der Waals surface area contributed by atoms with E-state index in [-0.39, 0.29) is 25.0 Å². The van der Waals surface area contributed by atoms with Crippen molar-refractivity contribution in [3.05, 3.63) is 0 Å². The molecule has 1 aliphatic rings. The van der Waals surface area contributed by atoms with Crippen LogP contribution in [-0.4, -0.2) is 72.1 Å². The number of amides is 3. The Hall–Kier alpha value is -2.03. The van der Waals surface area contributed by atoms with Crippen LogP contribution in [0.4, 0.5) is 9.59 Å². The summed E-state index contributed by atoms with van der Waals surface area (Å²) in [4.78, 5) is 34.6. The molecule has 0 bridgehead atoms. The van der Waals surface area contributed by atoms with Gasteiger partial charge >= 0.3 is 18.1 Å². The molecule has 9 heteroatoms. The third-order valence-corrected chi connectivity index (χ3v) is 2.96. The number of aliphatic carboxylic acids is 1. The summed E-state index contributed by atoms with van der Waals surface area (Å²) in [6.07, 6.45) is -1.46. The number of carboxylic acid groups (broad SMARTS) is 1. The number of rotatable bonds is 5. The maximum absolute atomic E-state index is 11.7. The molecule has 1 unspecified atom stereocenters. The van der Waals surface area contributed by atoms with Crippen LogP contribution in [0.3, 0.4) is 0 Å². The molecule has 1 rings (SSSR count). The molecule has 1 aliphatic heterocycles. The van der Waals surface area contributed by atoms with E-state index in [1.807, 2.05) is 0 Å². The Kier molecular flexibility index (Phi) is 6.04. The van der Waals surface area contributed by atoms with E-state index < -0.39 is 18.2 Å². The number of ether oxygens (including phenoxy) is 1. The third-order valence-electron chi connectivity index (χ3n) is 2.96. The molecule has 1 fully saturated rings. The zero-order valence-electron chi connectivity index (χ0n) is 11.2. The highest BCUT2D eigenvalue weighted by Gasteiger charge is 2.27. The van der Waals surface area contributed by atoms with Crippen molar-refractivity contribution in [2.45, 2.75) is 25.0 Å². The highest BCUT2D eigenvalue weighted by molar-refractivity contribution is 5.75. The van der Waals surface area contributed by atoms with Gasteiger partial charge < -0.3 is 30.5 Å². The van der Waals surface area contributed by atoms with E-state index in [1.165, 1.54) is 12.0 Å². The molecular weight excluding hydrogens is 270 g/mol. The standard InChI is InChI=1S/C11H19N3O6/c1-20-11(19)13-7-3-5-14(6-7)10(18)12-4-2-8(15)9(16)17/h7-8,15H,2-6H2,1H3,(H,12,18)(H,13,19)(H,16,17)/t7?,8-/m0/s1. The zero-order valence-corrected chi connectivity index (χ0v) is 11.2. The molecule has 1 heterocycles. The van der Waals surface area contributed by atoms with E-state index >= 15 is 0 Å². The maximum atomic E-state index is 11.7. The number of carbonyl (C=O) groups is 3. The Labute approximate surface area is 115 Å². The number of methoxy groups -OCH3 is 1. The normalized spacial score (nSPS) is 19.3. The average molecular weight is 289 g/mol. The molecule has 20 heavy (non-hydrogen) atoms. The van der Waals surface area contributed by atoms with E-state index in [2.05, 4.69) is 15.4 Å². The van der Waals surface area contributed by atoms with Gasteiger partial charge in [0.25, 0.3) is 0 Å². The third kappa shape index (κ3) is 4.92. The minimum Gasteiger partial charge on any atom is -0.479 e. The van der Waals surface area contributed by atoms with Gasteiger partial charge in [-0.05, 0) is 6.42 Å². The Morgan fingerprint density at radius 2 is 2.15 bits per heavy atom. The summed E-state index contributed by atoms with van der Waals surface area (Å²) in [6, 6.07) is -0.505. The number of nitrogens with zero attached hydrogens (tertiary/aromatic N) is 1. The molecule has 0 aromatic carbocycles. The van der Waals surface area contributed by atoms with E-state index in [4.69, 9.17) is 10.2 Å². The number of nitrogens with one attached hydrogen (secondary N) is 2. The van der Waals surface area contributed by atoms with Gasteiger partial charge in [0.05, 0.1) is 13.2 Å². The molecule has 0 aromatic heterocycles. The van der Waals surface area contributed by atoms with Crippen LogP contribution >= 0.6 is 0 Å². The molecule has 0 spiro atoms.